The molecule has 0 aliphatic carbocycles. The molecule has 1 aromatic heterocycles. The second kappa shape index (κ2) is 3.72. The molecule has 1 aliphatic heterocycles. The highest BCUT2D eigenvalue weighted by atomic mass is 32.1. The summed E-state index contributed by atoms with van der Waals surface area (Å²) in [4.78, 5) is 0. The molecule has 1 atom stereocenters. The first kappa shape index (κ1) is 9.54. The second-order valence-corrected chi connectivity index (χ2v) is 4.43. The fourth-order valence-electron chi connectivity index (χ4n) is 1.51. The van der Waals surface area contributed by atoms with Crippen molar-refractivity contribution in [2.24, 2.45) is 0 Å². The normalized spacial score (nSPS) is 17.4. The molecule has 4 heteroatoms. The van der Waals surface area contributed by atoms with Gasteiger partial charge in [0, 0.05) is 0 Å². The fourth-order valence-corrected chi connectivity index (χ4v) is 2.09. The van der Waals surface area contributed by atoms with Gasteiger partial charge in [-0.2, -0.15) is 0 Å². The van der Waals surface area contributed by atoms with Crippen molar-refractivity contribution in [3.05, 3.63) is 41.3 Å². The lowest BCUT2D eigenvalue weighted by atomic mass is 10.2. The van der Waals surface area contributed by atoms with Crippen LogP contribution in [0.5, 0.6) is 16.6 Å². The molecule has 1 aliphatic rings. The summed E-state index contributed by atoms with van der Waals surface area (Å²) in [7, 11) is 0. The maximum absolute atomic E-state index is 5.52. The minimum Gasteiger partial charge on any atom is -0.419 e. The molecular formula is C12H10O3S. The van der Waals surface area contributed by atoms with Gasteiger partial charge in [-0.3, -0.25) is 0 Å². The number of aryl methyl sites for hydroxylation is 1. The highest BCUT2D eigenvalue weighted by Crippen LogP contribution is 2.36. The van der Waals surface area contributed by atoms with Gasteiger partial charge in [0.2, 0.25) is 0 Å². The predicted octanol–water partition coefficient (Wildman–Crippen LogP) is 3.19. The van der Waals surface area contributed by atoms with Crippen LogP contribution in [0.15, 0.2) is 35.7 Å². The van der Waals surface area contributed by atoms with E-state index in [1.165, 1.54) is 11.3 Å². The number of thiophene rings is 1. The SMILES string of the molecule is Cc1ccc2c(c1)OC(Oc1cccs1)O2. The van der Waals surface area contributed by atoms with Crippen LogP contribution in [0, 0.1) is 6.92 Å². The second-order valence-electron chi connectivity index (χ2n) is 3.52. The molecule has 2 aromatic rings. The van der Waals surface area contributed by atoms with Crippen LogP contribution in [-0.4, -0.2) is 6.48 Å². The Hall–Kier alpha value is -1.68. The summed E-state index contributed by atoms with van der Waals surface area (Å²) in [6.45, 7) is 1.34. The summed E-state index contributed by atoms with van der Waals surface area (Å²) in [5.41, 5.74) is 1.14. The van der Waals surface area contributed by atoms with Crippen LogP contribution in [0.1, 0.15) is 5.56 Å². The van der Waals surface area contributed by atoms with E-state index >= 15 is 0 Å². The molecule has 0 bridgehead atoms. The quantitative estimate of drug-likeness (QED) is 0.798. The number of fused-ring (bicyclic) bond motifs is 1. The first-order valence-corrected chi connectivity index (χ1v) is 5.83. The molecule has 0 spiro atoms. The molecule has 0 saturated carbocycles. The molecule has 3 rings (SSSR count). The van der Waals surface area contributed by atoms with E-state index < -0.39 is 6.48 Å². The Morgan fingerprint density at radius 2 is 2.06 bits per heavy atom. The first-order chi connectivity index (χ1) is 7.81. The Balaban J connectivity index is 1.75. The van der Waals surface area contributed by atoms with Crippen molar-refractivity contribution in [1.29, 1.82) is 0 Å². The van der Waals surface area contributed by atoms with Crippen LogP contribution in [-0.2, 0) is 0 Å². The third kappa shape index (κ3) is 1.72. The lowest BCUT2D eigenvalue weighted by molar-refractivity contribution is -0.110. The van der Waals surface area contributed by atoms with E-state index in [0.717, 1.165) is 22.1 Å². The van der Waals surface area contributed by atoms with Crippen LogP contribution in [0.4, 0.5) is 0 Å². The minimum atomic E-state index is -0.671. The van der Waals surface area contributed by atoms with E-state index in [1.54, 1.807) is 0 Å². The van der Waals surface area contributed by atoms with Crippen LogP contribution in [0.2, 0.25) is 0 Å². The van der Waals surface area contributed by atoms with Crippen LogP contribution in [0.25, 0.3) is 0 Å². The summed E-state index contributed by atoms with van der Waals surface area (Å²) in [5.74, 6) is 1.47. The predicted molar refractivity (Wildman–Crippen MR) is 61.2 cm³/mol. The van der Waals surface area contributed by atoms with Gasteiger partial charge in [-0.05, 0) is 42.1 Å². The number of rotatable bonds is 2. The van der Waals surface area contributed by atoms with Gasteiger partial charge in [-0.25, -0.2) is 0 Å². The zero-order chi connectivity index (χ0) is 11.0. The molecule has 0 saturated heterocycles. The topological polar surface area (TPSA) is 27.7 Å². The van der Waals surface area contributed by atoms with E-state index in [-0.39, 0.29) is 0 Å². The largest absolute Gasteiger partial charge is 0.419 e. The zero-order valence-electron chi connectivity index (χ0n) is 8.67. The maximum Gasteiger partial charge on any atom is 0.407 e. The van der Waals surface area contributed by atoms with Crippen molar-refractivity contribution < 1.29 is 14.2 Å². The highest BCUT2D eigenvalue weighted by Gasteiger charge is 2.25. The Morgan fingerprint density at radius 1 is 1.19 bits per heavy atom. The third-order valence-corrected chi connectivity index (χ3v) is 3.01. The summed E-state index contributed by atoms with van der Waals surface area (Å²) in [6.07, 6.45) is 0. The summed E-state index contributed by atoms with van der Waals surface area (Å²) in [5, 5.41) is 2.73. The Kier molecular flexibility index (Phi) is 2.22. The Morgan fingerprint density at radius 3 is 2.88 bits per heavy atom. The van der Waals surface area contributed by atoms with E-state index in [1.807, 2.05) is 42.6 Å². The average Bonchev–Trinajstić information content (AvgIpc) is 2.86. The fraction of sp³-hybridized carbons (Fsp3) is 0.167. The van der Waals surface area contributed by atoms with Crippen molar-refractivity contribution >= 4 is 11.3 Å². The molecule has 0 radical (unpaired) electrons. The van der Waals surface area contributed by atoms with Gasteiger partial charge >= 0.3 is 6.48 Å². The number of benzene rings is 1. The molecule has 82 valence electrons. The molecule has 16 heavy (non-hydrogen) atoms. The van der Waals surface area contributed by atoms with E-state index in [4.69, 9.17) is 14.2 Å². The van der Waals surface area contributed by atoms with Gasteiger partial charge in [-0.1, -0.05) is 6.07 Å². The van der Waals surface area contributed by atoms with Gasteiger partial charge in [0.25, 0.3) is 0 Å². The molecule has 2 heterocycles. The minimum absolute atomic E-state index is 0.671. The van der Waals surface area contributed by atoms with Gasteiger partial charge in [0.15, 0.2) is 16.6 Å². The zero-order valence-corrected chi connectivity index (χ0v) is 9.49. The summed E-state index contributed by atoms with van der Waals surface area (Å²) in [6, 6.07) is 9.61. The molecular weight excluding hydrogens is 224 g/mol. The molecule has 1 aromatic carbocycles. The highest BCUT2D eigenvalue weighted by molar-refractivity contribution is 7.11. The molecule has 3 nitrogen and oxygen atoms in total. The number of ether oxygens (including phenoxy) is 3. The number of hydrogen-bond acceptors (Lipinski definition) is 4. The van der Waals surface area contributed by atoms with E-state index in [9.17, 15) is 0 Å². The smallest absolute Gasteiger partial charge is 0.407 e. The van der Waals surface area contributed by atoms with Crippen LogP contribution in [0.3, 0.4) is 0 Å². The third-order valence-electron chi connectivity index (χ3n) is 2.25. The van der Waals surface area contributed by atoms with Crippen molar-refractivity contribution in [2.75, 3.05) is 0 Å². The molecule has 0 fully saturated rings. The van der Waals surface area contributed by atoms with Gasteiger partial charge in [-0.15, -0.1) is 11.3 Å². The van der Waals surface area contributed by atoms with Crippen molar-refractivity contribution in [3.8, 4) is 16.6 Å². The molecule has 0 amide bonds. The average molecular weight is 234 g/mol. The Bertz CT molecular complexity index is 493. The summed E-state index contributed by atoms with van der Waals surface area (Å²) >= 11 is 1.51. The van der Waals surface area contributed by atoms with Gasteiger partial charge in [0.1, 0.15) is 0 Å². The van der Waals surface area contributed by atoms with Crippen molar-refractivity contribution in [2.45, 2.75) is 13.4 Å². The van der Waals surface area contributed by atoms with Crippen molar-refractivity contribution in [3.63, 3.8) is 0 Å². The lowest BCUT2D eigenvalue weighted by Crippen LogP contribution is -2.24. The lowest BCUT2D eigenvalue weighted by Gasteiger charge is -2.09. The summed E-state index contributed by atoms with van der Waals surface area (Å²) < 4.78 is 16.5. The first-order valence-electron chi connectivity index (χ1n) is 4.95. The Labute approximate surface area is 97.2 Å². The number of hydrogen-bond donors (Lipinski definition) is 0. The van der Waals surface area contributed by atoms with E-state index in [0.29, 0.717) is 0 Å². The van der Waals surface area contributed by atoms with Crippen LogP contribution >= 0.6 is 11.3 Å². The molecule has 0 N–H and O–H groups in total. The van der Waals surface area contributed by atoms with Crippen LogP contribution < -0.4 is 14.2 Å². The standard InChI is InChI=1S/C12H10O3S/c1-8-4-5-9-10(7-8)14-12(13-9)15-11-3-2-6-16-11/h2-7,12H,1H3. The maximum atomic E-state index is 5.52. The molecule has 1 unspecified atom stereocenters. The monoisotopic (exact) mass is 234 g/mol. The van der Waals surface area contributed by atoms with Gasteiger partial charge < -0.3 is 14.2 Å². The van der Waals surface area contributed by atoms with Gasteiger partial charge in [0.05, 0.1) is 0 Å². The van der Waals surface area contributed by atoms with E-state index in [2.05, 4.69) is 0 Å². The van der Waals surface area contributed by atoms with Crippen molar-refractivity contribution in [1.82, 2.24) is 0 Å².